The highest BCUT2D eigenvalue weighted by molar-refractivity contribution is 5.38. The molecule has 4 nitrogen and oxygen atoms in total. The zero-order valence-corrected chi connectivity index (χ0v) is 12.3. The lowest BCUT2D eigenvalue weighted by molar-refractivity contribution is 0.298. The molecule has 3 rings (SSSR count). The standard InChI is InChI=1S/C16H21N3O/c1-15(2,3)12(17)13-18-14(20-19-13)16(9-10-16)11-7-5-4-6-8-11/h4-8,12H,9-10,17H2,1-3H3. The van der Waals surface area contributed by atoms with E-state index in [2.05, 4.69) is 43.0 Å². The highest BCUT2D eigenvalue weighted by atomic mass is 16.5. The Kier molecular flexibility index (Phi) is 2.94. The smallest absolute Gasteiger partial charge is 0.237 e. The van der Waals surface area contributed by atoms with Crippen LogP contribution in [0.2, 0.25) is 0 Å². The minimum atomic E-state index is -0.216. The summed E-state index contributed by atoms with van der Waals surface area (Å²) in [6.07, 6.45) is 2.12. The quantitative estimate of drug-likeness (QED) is 0.931. The van der Waals surface area contributed by atoms with Crippen molar-refractivity contribution in [3.63, 3.8) is 0 Å². The van der Waals surface area contributed by atoms with Gasteiger partial charge < -0.3 is 10.3 Å². The van der Waals surface area contributed by atoms with Crippen molar-refractivity contribution in [3.05, 3.63) is 47.6 Å². The summed E-state index contributed by atoms with van der Waals surface area (Å²) >= 11 is 0. The molecule has 1 aliphatic rings. The lowest BCUT2D eigenvalue weighted by Gasteiger charge is -2.23. The lowest BCUT2D eigenvalue weighted by Crippen LogP contribution is -2.27. The molecule has 4 heteroatoms. The summed E-state index contributed by atoms with van der Waals surface area (Å²) in [6, 6.07) is 10.2. The van der Waals surface area contributed by atoms with Crippen LogP contribution < -0.4 is 5.73 Å². The van der Waals surface area contributed by atoms with Crippen molar-refractivity contribution in [1.82, 2.24) is 10.1 Å². The predicted molar refractivity (Wildman–Crippen MR) is 77.1 cm³/mol. The van der Waals surface area contributed by atoms with Crippen molar-refractivity contribution in [2.45, 2.75) is 45.1 Å². The molecule has 2 N–H and O–H groups in total. The molecule has 0 spiro atoms. The van der Waals surface area contributed by atoms with Gasteiger partial charge in [0.05, 0.1) is 11.5 Å². The van der Waals surface area contributed by atoms with Crippen molar-refractivity contribution < 1.29 is 4.52 Å². The molecule has 20 heavy (non-hydrogen) atoms. The maximum Gasteiger partial charge on any atom is 0.237 e. The van der Waals surface area contributed by atoms with E-state index in [0.29, 0.717) is 11.7 Å². The Morgan fingerprint density at radius 1 is 1.20 bits per heavy atom. The molecule has 1 aromatic heterocycles. The number of benzene rings is 1. The summed E-state index contributed by atoms with van der Waals surface area (Å²) in [5.74, 6) is 1.31. The van der Waals surface area contributed by atoms with Gasteiger partial charge in [-0.25, -0.2) is 0 Å². The number of hydrogen-bond donors (Lipinski definition) is 1. The van der Waals surface area contributed by atoms with E-state index < -0.39 is 0 Å². The third-order valence-corrected chi connectivity index (χ3v) is 4.14. The third-order valence-electron chi connectivity index (χ3n) is 4.14. The third kappa shape index (κ3) is 2.14. The van der Waals surface area contributed by atoms with Crippen LogP contribution in [0.3, 0.4) is 0 Å². The largest absolute Gasteiger partial charge is 0.338 e. The van der Waals surface area contributed by atoms with Crippen molar-refractivity contribution in [2.24, 2.45) is 11.1 Å². The van der Waals surface area contributed by atoms with Crippen LogP contribution in [0.4, 0.5) is 0 Å². The van der Waals surface area contributed by atoms with E-state index in [1.807, 2.05) is 18.2 Å². The fourth-order valence-corrected chi connectivity index (χ4v) is 2.45. The highest BCUT2D eigenvalue weighted by Crippen LogP contribution is 2.52. The Bertz CT molecular complexity index is 594. The van der Waals surface area contributed by atoms with Gasteiger partial charge in [0.2, 0.25) is 5.89 Å². The molecule has 0 bridgehead atoms. The van der Waals surface area contributed by atoms with Crippen LogP contribution in [-0.4, -0.2) is 10.1 Å². The number of nitrogens with two attached hydrogens (primary N) is 1. The first kappa shape index (κ1) is 13.3. The van der Waals surface area contributed by atoms with Gasteiger partial charge in [-0.2, -0.15) is 4.98 Å². The Morgan fingerprint density at radius 2 is 1.85 bits per heavy atom. The molecule has 1 saturated carbocycles. The van der Waals surface area contributed by atoms with Gasteiger partial charge in [-0.15, -0.1) is 0 Å². The van der Waals surface area contributed by atoms with Gasteiger partial charge in [0.25, 0.3) is 0 Å². The Balaban J connectivity index is 1.92. The first-order valence-corrected chi connectivity index (χ1v) is 7.09. The molecule has 106 valence electrons. The minimum Gasteiger partial charge on any atom is -0.338 e. The second kappa shape index (κ2) is 4.42. The van der Waals surface area contributed by atoms with Gasteiger partial charge in [-0.05, 0) is 23.8 Å². The number of nitrogens with zero attached hydrogens (tertiary/aromatic N) is 2. The van der Waals surface area contributed by atoms with E-state index in [1.165, 1.54) is 5.56 Å². The van der Waals surface area contributed by atoms with Gasteiger partial charge >= 0.3 is 0 Å². The first-order valence-electron chi connectivity index (χ1n) is 7.09. The fourth-order valence-electron chi connectivity index (χ4n) is 2.45. The summed E-state index contributed by atoms with van der Waals surface area (Å²) in [6.45, 7) is 6.24. The zero-order chi connectivity index (χ0) is 14.4. The molecule has 1 heterocycles. The average Bonchev–Trinajstić information content (AvgIpc) is 3.09. The van der Waals surface area contributed by atoms with Crippen LogP contribution in [0, 0.1) is 5.41 Å². The van der Waals surface area contributed by atoms with Gasteiger partial charge in [0, 0.05) is 0 Å². The van der Waals surface area contributed by atoms with Crippen LogP contribution in [0.1, 0.15) is 56.9 Å². The van der Waals surface area contributed by atoms with Crippen LogP contribution in [0.25, 0.3) is 0 Å². The van der Waals surface area contributed by atoms with Crippen LogP contribution in [-0.2, 0) is 5.41 Å². The van der Waals surface area contributed by atoms with E-state index in [9.17, 15) is 0 Å². The summed E-state index contributed by atoms with van der Waals surface area (Å²) in [4.78, 5) is 4.58. The molecule has 1 fully saturated rings. The second-order valence-corrected chi connectivity index (χ2v) is 6.75. The van der Waals surface area contributed by atoms with E-state index >= 15 is 0 Å². The molecule has 0 saturated heterocycles. The average molecular weight is 271 g/mol. The molecule has 1 unspecified atom stereocenters. The topological polar surface area (TPSA) is 64.9 Å². The SMILES string of the molecule is CC(C)(C)C(N)c1noc(C2(c3ccccc3)CC2)n1. The molecular formula is C16H21N3O. The van der Waals surface area contributed by atoms with Crippen LogP contribution in [0.5, 0.6) is 0 Å². The van der Waals surface area contributed by atoms with Crippen molar-refractivity contribution in [2.75, 3.05) is 0 Å². The number of rotatable bonds is 3. The normalized spacial score (nSPS) is 18.8. The number of hydrogen-bond acceptors (Lipinski definition) is 4. The Labute approximate surface area is 119 Å². The highest BCUT2D eigenvalue weighted by Gasteiger charge is 2.51. The molecule has 1 aromatic carbocycles. The Morgan fingerprint density at radius 3 is 2.40 bits per heavy atom. The first-order chi connectivity index (χ1) is 9.43. The summed E-state index contributed by atoms with van der Waals surface area (Å²) < 4.78 is 5.52. The molecule has 1 atom stereocenters. The monoisotopic (exact) mass is 271 g/mol. The summed E-state index contributed by atoms with van der Waals surface area (Å²) in [5, 5.41) is 4.10. The van der Waals surface area contributed by atoms with Gasteiger partial charge in [0.15, 0.2) is 5.82 Å². The number of aromatic nitrogens is 2. The predicted octanol–water partition coefficient (Wildman–Crippen LogP) is 3.20. The molecule has 2 aromatic rings. The Hall–Kier alpha value is -1.68. The van der Waals surface area contributed by atoms with Crippen molar-refractivity contribution in [1.29, 1.82) is 0 Å². The zero-order valence-electron chi connectivity index (χ0n) is 12.3. The van der Waals surface area contributed by atoms with Gasteiger partial charge in [-0.3, -0.25) is 0 Å². The summed E-state index contributed by atoms with van der Waals surface area (Å²) in [7, 11) is 0. The van der Waals surface area contributed by atoms with E-state index in [4.69, 9.17) is 10.3 Å². The van der Waals surface area contributed by atoms with Crippen molar-refractivity contribution in [3.8, 4) is 0 Å². The van der Waals surface area contributed by atoms with Crippen LogP contribution in [0.15, 0.2) is 34.9 Å². The molecule has 0 aliphatic heterocycles. The van der Waals surface area contributed by atoms with Gasteiger partial charge in [0.1, 0.15) is 0 Å². The maximum atomic E-state index is 6.20. The minimum absolute atomic E-state index is 0.0788. The fraction of sp³-hybridized carbons (Fsp3) is 0.500. The maximum absolute atomic E-state index is 6.20. The van der Waals surface area contributed by atoms with E-state index in [0.717, 1.165) is 12.8 Å². The van der Waals surface area contributed by atoms with Crippen molar-refractivity contribution >= 4 is 0 Å². The van der Waals surface area contributed by atoms with Crippen LogP contribution >= 0.6 is 0 Å². The molecule has 1 aliphatic carbocycles. The van der Waals surface area contributed by atoms with E-state index in [1.54, 1.807) is 0 Å². The summed E-state index contributed by atoms with van der Waals surface area (Å²) in [5.41, 5.74) is 7.29. The molecule has 0 amide bonds. The second-order valence-electron chi connectivity index (χ2n) is 6.75. The van der Waals surface area contributed by atoms with E-state index in [-0.39, 0.29) is 16.9 Å². The molecule has 0 radical (unpaired) electrons. The van der Waals surface area contributed by atoms with Gasteiger partial charge in [-0.1, -0.05) is 56.3 Å². The molecular weight excluding hydrogens is 250 g/mol. The lowest BCUT2D eigenvalue weighted by atomic mass is 9.87.